The summed E-state index contributed by atoms with van der Waals surface area (Å²) in [4.78, 5) is 2.51. The van der Waals surface area contributed by atoms with Crippen LogP contribution in [-0.4, -0.2) is 0 Å². The van der Waals surface area contributed by atoms with Gasteiger partial charge < -0.3 is 5.32 Å². The lowest BCUT2D eigenvalue weighted by atomic mass is 10.2. The lowest BCUT2D eigenvalue weighted by molar-refractivity contribution is 1.26. The van der Waals surface area contributed by atoms with Crippen LogP contribution in [0.1, 0.15) is 5.56 Å². The molecule has 0 unspecified atom stereocenters. The van der Waals surface area contributed by atoms with Gasteiger partial charge in [-0.2, -0.15) is 0 Å². The molecule has 3 rings (SSSR count). The van der Waals surface area contributed by atoms with Gasteiger partial charge >= 0.3 is 0 Å². The smallest absolute Gasteiger partial charge is 0.0571 e. The van der Waals surface area contributed by atoms with Gasteiger partial charge in [0.25, 0.3) is 0 Å². The Kier molecular flexibility index (Phi) is 2.54. The molecule has 0 aliphatic carbocycles. The highest BCUT2D eigenvalue weighted by molar-refractivity contribution is 7.99. The molecular formula is C13H10ClNS. The lowest BCUT2D eigenvalue weighted by Gasteiger charge is -2.22. The van der Waals surface area contributed by atoms with Crippen molar-refractivity contribution in [3.05, 3.63) is 48.0 Å². The summed E-state index contributed by atoms with van der Waals surface area (Å²) in [6.07, 6.45) is 0. The van der Waals surface area contributed by atoms with Crippen LogP contribution in [0.4, 0.5) is 11.4 Å². The lowest BCUT2D eigenvalue weighted by Crippen LogP contribution is -2.02. The normalized spacial score (nSPS) is 12.6. The third-order valence-corrected chi connectivity index (χ3v) is 4.05. The number of alkyl halides is 1. The summed E-state index contributed by atoms with van der Waals surface area (Å²) in [5, 5.41) is 3.45. The SMILES string of the molecule is ClCc1cccc2c1Nc1ccccc1S2. The molecule has 16 heavy (non-hydrogen) atoms. The third-order valence-electron chi connectivity index (χ3n) is 2.62. The molecule has 0 bridgehead atoms. The highest BCUT2D eigenvalue weighted by atomic mass is 35.5. The molecule has 0 fully saturated rings. The van der Waals surface area contributed by atoms with Gasteiger partial charge in [-0.15, -0.1) is 11.6 Å². The minimum atomic E-state index is 0.541. The molecule has 80 valence electrons. The van der Waals surface area contributed by atoms with Crippen LogP contribution in [0.3, 0.4) is 0 Å². The Morgan fingerprint density at radius 2 is 1.81 bits per heavy atom. The van der Waals surface area contributed by atoms with Crippen LogP contribution < -0.4 is 5.32 Å². The Bertz CT molecular complexity index is 539. The van der Waals surface area contributed by atoms with Gasteiger partial charge in [0.15, 0.2) is 0 Å². The van der Waals surface area contributed by atoms with Crippen molar-refractivity contribution >= 4 is 34.7 Å². The predicted octanol–water partition coefficient (Wildman–Crippen LogP) is 4.63. The van der Waals surface area contributed by atoms with Crippen LogP contribution >= 0.6 is 23.4 Å². The molecule has 0 atom stereocenters. The number of hydrogen-bond donors (Lipinski definition) is 1. The Balaban J connectivity index is 2.12. The predicted molar refractivity (Wildman–Crippen MR) is 69.8 cm³/mol. The summed E-state index contributed by atoms with van der Waals surface area (Å²) < 4.78 is 0. The number of benzene rings is 2. The quantitative estimate of drug-likeness (QED) is 0.629. The number of nitrogens with one attached hydrogen (secondary N) is 1. The Hall–Kier alpha value is -1.12. The Morgan fingerprint density at radius 1 is 1.00 bits per heavy atom. The fraction of sp³-hybridized carbons (Fsp3) is 0.0769. The van der Waals surface area contributed by atoms with Crippen molar-refractivity contribution in [3.8, 4) is 0 Å². The van der Waals surface area contributed by atoms with E-state index in [9.17, 15) is 0 Å². The molecule has 3 heteroatoms. The van der Waals surface area contributed by atoms with Gasteiger partial charge in [0.2, 0.25) is 0 Å². The first kappa shape index (κ1) is 10.1. The van der Waals surface area contributed by atoms with E-state index in [4.69, 9.17) is 11.6 Å². The summed E-state index contributed by atoms with van der Waals surface area (Å²) in [5.41, 5.74) is 3.47. The van der Waals surface area contributed by atoms with Crippen molar-refractivity contribution < 1.29 is 0 Å². The van der Waals surface area contributed by atoms with Gasteiger partial charge in [0, 0.05) is 15.7 Å². The number of rotatable bonds is 1. The monoisotopic (exact) mass is 247 g/mol. The van der Waals surface area contributed by atoms with Gasteiger partial charge in [0.1, 0.15) is 0 Å². The van der Waals surface area contributed by atoms with E-state index in [-0.39, 0.29) is 0 Å². The van der Waals surface area contributed by atoms with Crippen LogP contribution in [0.25, 0.3) is 0 Å². The summed E-state index contributed by atoms with van der Waals surface area (Å²) in [7, 11) is 0. The second-order valence-corrected chi connectivity index (χ2v) is 5.00. The number of hydrogen-bond acceptors (Lipinski definition) is 2. The average molecular weight is 248 g/mol. The van der Waals surface area contributed by atoms with Crippen LogP contribution in [0.15, 0.2) is 52.3 Å². The van der Waals surface area contributed by atoms with Crippen LogP contribution in [0, 0.1) is 0 Å². The molecule has 1 N–H and O–H groups in total. The molecule has 1 aliphatic rings. The maximum absolute atomic E-state index is 5.94. The van der Waals surface area contributed by atoms with Crippen molar-refractivity contribution in [1.29, 1.82) is 0 Å². The molecule has 1 nitrogen and oxygen atoms in total. The van der Waals surface area contributed by atoms with E-state index in [2.05, 4.69) is 41.7 Å². The number of anilines is 2. The average Bonchev–Trinajstić information content (AvgIpc) is 2.35. The van der Waals surface area contributed by atoms with E-state index in [1.54, 1.807) is 11.8 Å². The van der Waals surface area contributed by atoms with Crippen LogP contribution in [0.5, 0.6) is 0 Å². The largest absolute Gasteiger partial charge is 0.353 e. The molecule has 1 aliphatic heterocycles. The molecule has 0 spiro atoms. The first-order valence-electron chi connectivity index (χ1n) is 5.10. The van der Waals surface area contributed by atoms with E-state index in [0.29, 0.717) is 5.88 Å². The minimum Gasteiger partial charge on any atom is -0.353 e. The maximum Gasteiger partial charge on any atom is 0.0571 e. The first-order valence-corrected chi connectivity index (χ1v) is 6.45. The van der Waals surface area contributed by atoms with Crippen LogP contribution in [-0.2, 0) is 5.88 Å². The maximum atomic E-state index is 5.94. The zero-order valence-corrected chi connectivity index (χ0v) is 10.1. The molecule has 0 aromatic heterocycles. The van der Waals surface area contributed by atoms with E-state index in [1.165, 1.54) is 9.79 Å². The Labute approximate surface area is 104 Å². The molecule has 0 saturated heterocycles. The van der Waals surface area contributed by atoms with Gasteiger partial charge in [-0.05, 0) is 23.8 Å². The van der Waals surface area contributed by atoms with Gasteiger partial charge in [0.05, 0.1) is 11.4 Å². The molecule has 0 saturated carbocycles. The van der Waals surface area contributed by atoms with Crippen molar-refractivity contribution in [1.82, 2.24) is 0 Å². The van der Waals surface area contributed by atoms with Crippen molar-refractivity contribution in [2.75, 3.05) is 5.32 Å². The second kappa shape index (κ2) is 4.04. The summed E-state index contributed by atoms with van der Waals surface area (Å²) >= 11 is 7.73. The number of halogens is 1. The number of fused-ring (bicyclic) bond motifs is 2. The van der Waals surface area contributed by atoms with Gasteiger partial charge in [-0.1, -0.05) is 36.0 Å². The number of para-hydroxylation sites is 2. The standard InChI is InChI=1S/C13H10ClNS/c14-8-9-4-3-7-12-13(9)15-10-5-1-2-6-11(10)16-12/h1-7,15H,8H2. The van der Waals surface area contributed by atoms with E-state index in [1.807, 2.05) is 6.07 Å². The van der Waals surface area contributed by atoms with Crippen LogP contribution in [0.2, 0.25) is 0 Å². The van der Waals surface area contributed by atoms with Gasteiger partial charge in [-0.3, -0.25) is 0 Å². The second-order valence-electron chi connectivity index (χ2n) is 3.65. The molecule has 2 aromatic rings. The van der Waals surface area contributed by atoms with Crippen molar-refractivity contribution in [2.24, 2.45) is 0 Å². The molecular weight excluding hydrogens is 238 g/mol. The topological polar surface area (TPSA) is 12.0 Å². The summed E-state index contributed by atoms with van der Waals surface area (Å²) in [6.45, 7) is 0. The summed E-state index contributed by atoms with van der Waals surface area (Å²) in [6, 6.07) is 14.6. The first-order chi connectivity index (χ1) is 7.88. The summed E-state index contributed by atoms with van der Waals surface area (Å²) in [5.74, 6) is 0.541. The molecule has 1 heterocycles. The fourth-order valence-corrected chi connectivity index (χ4v) is 3.09. The third kappa shape index (κ3) is 1.58. The minimum absolute atomic E-state index is 0.541. The van der Waals surface area contributed by atoms with E-state index in [0.717, 1.165) is 16.9 Å². The highest BCUT2D eigenvalue weighted by Gasteiger charge is 2.16. The highest BCUT2D eigenvalue weighted by Crippen LogP contribution is 2.45. The fourth-order valence-electron chi connectivity index (χ4n) is 1.83. The van der Waals surface area contributed by atoms with E-state index < -0.39 is 0 Å². The molecule has 0 amide bonds. The zero-order valence-electron chi connectivity index (χ0n) is 8.53. The zero-order chi connectivity index (χ0) is 11.0. The molecule has 0 radical (unpaired) electrons. The van der Waals surface area contributed by atoms with Crippen molar-refractivity contribution in [3.63, 3.8) is 0 Å². The molecule has 2 aromatic carbocycles. The Morgan fingerprint density at radius 3 is 2.69 bits per heavy atom. The van der Waals surface area contributed by atoms with Gasteiger partial charge in [-0.25, -0.2) is 0 Å². The van der Waals surface area contributed by atoms with E-state index >= 15 is 0 Å². The van der Waals surface area contributed by atoms with Crippen molar-refractivity contribution in [2.45, 2.75) is 15.7 Å².